The first-order valence-corrected chi connectivity index (χ1v) is 6.99. The summed E-state index contributed by atoms with van der Waals surface area (Å²) in [7, 11) is 1.64. The third-order valence-electron chi connectivity index (χ3n) is 3.43. The molecule has 3 nitrogen and oxygen atoms in total. The Bertz CT molecular complexity index is 411. The van der Waals surface area contributed by atoms with Crippen LogP contribution in [0.15, 0.2) is 30.3 Å². The molecule has 0 aliphatic rings. The highest BCUT2D eigenvalue weighted by molar-refractivity contribution is 5.25. The van der Waals surface area contributed by atoms with E-state index in [4.69, 9.17) is 0 Å². The molecule has 1 unspecified atom stereocenters. The number of rotatable bonds is 8. The number of aliphatic hydroxyl groups excluding tert-OH is 1. The van der Waals surface area contributed by atoms with Crippen molar-refractivity contribution in [2.45, 2.75) is 25.1 Å². The van der Waals surface area contributed by atoms with E-state index in [0.29, 0.717) is 13.1 Å². The Balaban J connectivity index is 2.83. The first kappa shape index (κ1) is 17.9. The zero-order valence-electron chi connectivity index (χ0n) is 12.5. The first-order valence-electron chi connectivity index (χ1n) is 6.99. The second-order valence-electron chi connectivity index (χ2n) is 5.24. The van der Waals surface area contributed by atoms with Gasteiger partial charge < -0.3 is 15.3 Å². The Morgan fingerprint density at radius 3 is 2.29 bits per heavy atom. The summed E-state index contributed by atoms with van der Waals surface area (Å²) in [5.74, 6) is 0. The molecule has 21 heavy (non-hydrogen) atoms. The topological polar surface area (TPSA) is 35.5 Å². The molecule has 0 aliphatic carbocycles. The van der Waals surface area contributed by atoms with E-state index in [1.54, 1.807) is 11.9 Å². The van der Waals surface area contributed by atoms with Gasteiger partial charge in [0.15, 0.2) is 0 Å². The van der Waals surface area contributed by atoms with Crippen LogP contribution in [0.3, 0.4) is 0 Å². The smallest absolute Gasteiger partial charge is 0.390 e. The van der Waals surface area contributed by atoms with Crippen molar-refractivity contribution >= 4 is 0 Å². The maximum absolute atomic E-state index is 12.3. The van der Waals surface area contributed by atoms with E-state index >= 15 is 0 Å². The van der Waals surface area contributed by atoms with Gasteiger partial charge in [-0.1, -0.05) is 37.3 Å². The minimum atomic E-state index is -4.17. The summed E-state index contributed by atoms with van der Waals surface area (Å²) in [5.41, 5.74) is 0.115. The molecule has 2 N–H and O–H groups in total. The lowest BCUT2D eigenvalue weighted by Crippen LogP contribution is -2.53. The molecule has 120 valence electrons. The van der Waals surface area contributed by atoms with Gasteiger partial charge in [0.1, 0.15) is 0 Å². The second kappa shape index (κ2) is 7.77. The van der Waals surface area contributed by atoms with Gasteiger partial charge in [-0.05, 0) is 19.2 Å². The van der Waals surface area contributed by atoms with Crippen LogP contribution in [0.2, 0.25) is 0 Å². The van der Waals surface area contributed by atoms with Crippen molar-refractivity contribution in [2.75, 3.05) is 33.3 Å². The Hall–Kier alpha value is -1.11. The predicted octanol–water partition coefficient (Wildman–Crippen LogP) is 2.37. The van der Waals surface area contributed by atoms with Crippen LogP contribution in [0.5, 0.6) is 0 Å². The van der Waals surface area contributed by atoms with E-state index in [9.17, 15) is 18.3 Å². The predicted molar refractivity (Wildman–Crippen MR) is 77.1 cm³/mol. The summed E-state index contributed by atoms with van der Waals surface area (Å²) < 4.78 is 36.9. The van der Waals surface area contributed by atoms with Crippen LogP contribution < -0.4 is 5.32 Å². The van der Waals surface area contributed by atoms with Gasteiger partial charge in [0.25, 0.3) is 0 Å². The zero-order valence-corrected chi connectivity index (χ0v) is 12.5. The second-order valence-corrected chi connectivity index (χ2v) is 5.24. The summed E-state index contributed by atoms with van der Waals surface area (Å²) in [4.78, 5) is 1.60. The normalized spacial score (nSPS) is 15.2. The summed E-state index contributed by atoms with van der Waals surface area (Å²) >= 11 is 0. The lowest BCUT2D eigenvalue weighted by Gasteiger charge is -2.37. The molecule has 0 aliphatic heterocycles. The molecule has 0 saturated heterocycles. The molecule has 0 amide bonds. The molecule has 6 heteroatoms. The van der Waals surface area contributed by atoms with Crippen molar-refractivity contribution < 1.29 is 18.3 Å². The van der Waals surface area contributed by atoms with Crippen LogP contribution in [0.1, 0.15) is 18.9 Å². The fourth-order valence-corrected chi connectivity index (χ4v) is 2.40. The quantitative estimate of drug-likeness (QED) is 0.774. The number of hydrogen-bond donors (Lipinski definition) is 2. The van der Waals surface area contributed by atoms with Gasteiger partial charge in [0, 0.05) is 13.1 Å². The summed E-state index contributed by atoms with van der Waals surface area (Å²) in [6, 6.07) is 9.32. The molecule has 0 saturated carbocycles. The molecule has 0 aromatic heterocycles. The minimum Gasteiger partial charge on any atom is -0.394 e. The van der Waals surface area contributed by atoms with Crippen molar-refractivity contribution in [3.05, 3.63) is 35.9 Å². The Kier molecular flexibility index (Phi) is 6.64. The largest absolute Gasteiger partial charge is 0.394 e. The summed E-state index contributed by atoms with van der Waals surface area (Å²) in [6.07, 6.45) is -5.02. The third kappa shape index (κ3) is 5.65. The molecule has 0 heterocycles. The molecule has 0 spiro atoms. The molecule has 1 aromatic carbocycles. The molecule has 0 bridgehead atoms. The monoisotopic (exact) mass is 304 g/mol. The highest BCUT2D eigenvalue weighted by atomic mass is 19.4. The van der Waals surface area contributed by atoms with Crippen molar-refractivity contribution in [1.82, 2.24) is 10.2 Å². The molecular formula is C15H23F3N2O. The maximum Gasteiger partial charge on any atom is 0.390 e. The van der Waals surface area contributed by atoms with Crippen LogP contribution in [0.4, 0.5) is 13.2 Å². The lowest BCUT2D eigenvalue weighted by atomic mass is 9.90. The van der Waals surface area contributed by atoms with Gasteiger partial charge in [-0.15, -0.1) is 0 Å². The molecule has 0 fully saturated rings. The molecule has 1 aromatic rings. The average Bonchev–Trinajstić information content (AvgIpc) is 2.45. The van der Waals surface area contributed by atoms with Crippen LogP contribution in [0, 0.1) is 0 Å². The number of nitrogens with one attached hydrogen (secondary N) is 1. The van der Waals surface area contributed by atoms with Gasteiger partial charge in [0.2, 0.25) is 0 Å². The molecule has 1 atom stereocenters. The van der Waals surface area contributed by atoms with E-state index in [1.807, 2.05) is 37.3 Å². The fourth-order valence-electron chi connectivity index (χ4n) is 2.40. The van der Waals surface area contributed by atoms with E-state index in [1.165, 1.54) is 0 Å². The summed E-state index contributed by atoms with van der Waals surface area (Å²) in [6.45, 7) is 2.55. The van der Waals surface area contributed by atoms with Gasteiger partial charge in [0.05, 0.1) is 18.6 Å². The van der Waals surface area contributed by atoms with E-state index < -0.39 is 18.1 Å². The number of nitrogens with zero attached hydrogens (tertiary/aromatic N) is 1. The van der Waals surface area contributed by atoms with Gasteiger partial charge in [-0.2, -0.15) is 13.2 Å². The number of halogens is 3. The number of aliphatic hydroxyl groups is 1. The maximum atomic E-state index is 12.3. The highest BCUT2D eigenvalue weighted by Crippen LogP contribution is 2.24. The number of alkyl halides is 3. The molecule has 1 rings (SSSR count). The minimum absolute atomic E-state index is 0.0938. The van der Waals surface area contributed by atoms with E-state index in [-0.39, 0.29) is 13.2 Å². The lowest BCUT2D eigenvalue weighted by molar-refractivity contribution is -0.137. The Morgan fingerprint density at radius 1 is 1.19 bits per heavy atom. The Morgan fingerprint density at radius 2 is 1.81 bits per heavy atom. The van der Waals surface area contributed by atoms with Gasteiger partial charge >= 0.3 is 6.18 Å². The van der Waals surface area contributed by atoms with Crippen molar-refractivity contribution in [3.63, 3.8) is 0 Å². The Labute approximate surface area is 123 Å². The first-order chi connectivity index (χ1) is 9.83. The van der Waals surface area contributed by atoms with Crippen LogP contribution >= 0.6 is 0 Å². The standard InChI is InChI=1S/C15H23F3N2O/c1-3-19-14(12-21,13-7-5-4-6-8-13)11-20(2)10-9-15(16,17)18/h4-8,19,21H,3,9-12H2,1-2H3. The van der Waals surface area contributed by atoms with E-state index in [0.717, 1.165) is 5.56 Å². The van der Waals surface area contributed by atoms with Crippen LogP contribution in [-0.2, 0) is 5.54 Å². The van der Waals surface area contributed by atoms with Gasteiger partial charge in [-0.25, -0.2) is 0 Å². The highest BCUT2D eigenvalue weighted by Gasteiger charge is 2.33. The van der Waals surface area contributed by atoms with Crippen molar-refractivity contribution in [3.8, 4) is 0 Å². The fraction of sp³-hybridized carbons (Fsp3) is 0.600. The third-order valence-corrected chi connectivity index (χ3v) is 3.43. The summed E-state index contributed by atoms with van der Waals surface area (Å²) in [5, 5.41) is 13.0. The van der Waals surface area contributed by atoms with Crippen LogP contribution in [0.25, 0.3) is 0 Å². The number of benzene rings is 1. The number of hydrogen-bond acceptors (Lipinski definition) is 3. The molecule has 0 radical (unpaired) electrons. The van der Waals surface area contributed by atoms with Gasteiger partial charge in [-0.3, -0.25) is 0 Å². The zero-order chi connectivity index (χ0) is 15.9. The number of likely N-dealkylation sites (N-methyl/N-ethyl adjacent to an activating group) is 2. The van der Waals surface area contributed by atoms with Crippen molar-refractivity contribution in [1.29, 1.82) is 0 Å². The average molecular weight is 304 g/mol. The van der Waals surface area contributed by atoms with Crippen LogP contribution in [-0.4, -0.2) is 49.5 Å². The van der Waals surface area contributed by atoms with Crippen molar-refractivity contribution in [2.24, 2.45) is 0 Å². The molecular weight excluding hydrogens is 281 g/mol. The SMILES string of the molecule is CCNC(CO)(CN(C)CCC(F)(F)F)c1ccccc1. The van der Waals surface area contributed by atoms with E-state index in [2.05, 4.69) is 5.32 Å².